The van der Waals surface area contributed by atoms with Crippen molar-refractivity contribution in [3.8, 4) is 5.75 Å². The van der Waals surface area contributed by atoms with E-state index in [1.165, 1.54) is 18.2 Å². The number of para-hydroxylation sites is 1. The fraction of sp³-hybridized carbons (Fsp3) is 0.154. The van der Waals surface area contributed by atoms with Gasteiger partial charge in [-0.3, -0.25) is 10.1 Å². The Hall–Kier alpha value is -2.83. The molecule has 0 radical (unpaired) electrons. The molecule has 106 valence electrons. The molecule has 0 atom stereocenters. The van der Waals surface area contributed by atoms with Crippen molar-refractivity contribution >= 4 is 17.9 Å². The van der Waals surface area contributed by atoms with Gasteiger partial charge in [-0.1, -0.05) is 18.2 Å². The second kappa shape index (κ2) is 7.57. The minimum atomic E-state index is -0.857. The van der Waals surface area contributed by atoms with E-state index in [1.807, 2.05) is 5.32 Å². The smallest absolute Gasteiger partial charge is 0.342 e. The van der Waals surface area contributed by atoms with Gasteiger partial charge in [-0.2, -0.15) is 0 Å². The van der Waals surface area contributed by atoms with Crippen molar-refractivity contribution in [2.45, 2.75) is 0 Å². The number of urea groups is 1. The number of hydrogen-bond donors (Lipinski definition) is 3. The second-order valence-corrected chi connectivity index (χ2v) is 3.64. The van der Waals surface area contributed by atoms with Gasteiger partial charge in [-0.25, -0.2) is 9.59 Å². The van der Waals surface area contributed by atoms with Crippen molar-refractivity contribution < 1.29 is 24.2 Å². The van der Waals surface area contributed by atoms with Crippen molar-refractivity contribution in [2.75, 3.05) is 13.2 Å². The maximum atomic E-state index is 11.6. The van der Waals surface area contributed by atoms with Crippen molar-refractivity contribution in [2.24, 2.45) is 0 Å². The Morgan fingerprint density at radius 2 is 2.00 bits per heavy atom. The van der Waals surface area contributed by atoms with E-state index in [4.69, 9.17) is 0 Å². The number of nitrogens with one attached hydrogen (secondary N) is 2. The third-order valence-corrected chi connectivity index (χ3v) is 2.12. The van der Waals surface area contributed by atoms with Crippen molar-refractivity contribution in [1.29, 1.82) is 0 Å². The molecule has 0 spiro atoms. The lowest BCUT2D eigenvalue weighted by Crippen LogP contribution is -2.41. The molecule has 0 aliphatic carbocycles. The Morgan fingerprint density at radius 1 is 1.30 bits per heavy atom. The van der Waals surface area contributed by atoms with E-state index in [0.29, 0.717) is 0 Å². The number of phenols is 1. The molecule has 1 aromatic rings. The van der Waals surface area contributed by atoms with E-state index < -0.39 is 24.5 Å². The highest BCUT2D eigenvalue weighted by molar-refractivity contribution is 5.97. The Balaban J connectivity index is 2.41. The molecule has 3 N–H and O–H groups in total. The molecular formula is C13H14N2O5. The number of aromatic hydroxyl groups is 1. The van der Waals surface area contributed by atoms with Gasteiger partial charge in [0.15, 0.2) is 6.61 Å². The number of esters is 1. The predicted octanol–water partition coefficient (Wildman–Crippen LogP) is 0.561. The van der Waals surface area contributed by atoms with E-state index >= 15 is 0 Å². The number of carbonyl (C=O) groups is 3. The first kappa shape index (κ1) is 15.2. The van der Waals surface area contributed by atoms with Crippen molar-refractivity contribution in [1.82, 2.24) is 10.6 Å². The molecule has 0 bridgehead atoms. The van der Waals surface area contributed by atoms with Gasteiger partial charge in [0, 0.05) is 6.54 Å². The second-order valence-electron chi connectivity index (χ2n) is 3.64. The van der Waals surface area contributed by atoms with Crippen LogP contribution in [-0.4, -0.2) is 36.2 Å². The first-order valence-corrected chi connectivity index (χ1v) is 5.68. The molecule has 0 saturated carbocycles. The molecule has 7 nitrogen and oxygen atoms in total. The summed E-state index contributed by atoms with van der Waals surface area (Å²) in [6, 6.07) is 5.04. The average molecular weight is 278 g/mol. The lowest BCUT2D eigenvalue weighted by Gasteiger charge is -2.07. The molecule has 0 unspecified atom stereocenters. The first-order chi connectivity index (χ1) is 9.54. The van der Waals surface area contributed by atoms with Crippen molar-refractivity contribution in [3.05, 3.63) is 42.5 Å². The average Bonchev–Trinajstić information content (AvgIpc) is 2.43. The Kier molecular flexibility index (Phi) is 5.76. The summed E-state index contributed by atoms with van der Waals surface area (Å²) in [6.07, 6.45) is 1.45. The highest BCUT2D eigenvalue weighted by Gasteiger charge is 2.14. The lowest BCUT2D eigenvalue weighted by atomic mass is 10.2. The summed E-state index contributed by atoms with van der Waals surface area (Å²) in [5, 5.41) is 13.7. The number of hydrogen-bond acceptors (Lipinski definition) is 5. The van der Waals surface area contributed by atoms with E-state index in [0.717, 1.165) is 0 Å². The fourth-order valence-electron chi connectivity index (χ4n) is 1.23. The van der Waals surface area contributed by atoms with Crippen LogP contribution in [0.15, 0.2) is 36.9 Å². The van der Waals surface area contributed by atoms with Gasteiger partial charge < -0.3 is 15.2 Å². The van der Waals surface area contributed by atoms with Crippen LogP contribution in [0, 0.1) is 0 Å². The van der Waals surface area contributed by atoms with Crippen LogP contribution < -0.4 is 10.6 Å². The molecule has 0 aromatic heterocycles. The zero-order valence-electron chi connectivity index (χ0n) is 10.6. The lowest BCUT2D eigenvalue weighted by molar-refractivity contribution is -0.123. The first-order valence-electron chi connectivity index (χ1n) is 5.68. The van der Waals surface area contributed by atoms with Gasteiger partial charge in [-0.05, 0) is 12.1 Å². The molecule has 0 aliphatic rings. The van der Waals surface area contributed by atoms with Crippen LogP contribution in [0.5, 0.6) is 5.75 Å². The molecule has 3 amide bonds. The highest BCUT2D eigenvalue weighted by Crippen LogP contribution is 2.16. The monoisotopic (exact) mass is 278 g/mol. The van der Waals surface area contributed by atoms with E-state index in [2.05, 4.69) is 16.6 Å². The number of ether oxygens (including phenoxy) is 1. The number of phenolic OH excluding ortho intramolecular Hbond substituents is 1. The van der Waals surface area contributed by atoms with Gasteiger partial charge in [-0.15, -0.1) is 6.58 Å². The maximum Gasteiger partial charge on any atom is 0.342 e. The van der Waals surface area contributed by atoms with Crippen LogP contribution in [-0.2, 0) is 9.53 Å². The van der Waals surface area contributed by atoms with Crippen LogP contribution in [0.3, 0.4) is 0 Å². The number of benzene rings is 1. The quantitative estimate of drug-likeness (QED) is 0.539. The van der Waals surface area contributed by atoms with Gasteiger partial charge >= 0.3 is 12.0 Å². The number of carbonyl (C=O) groups excluding carboxylic acids is 3. The fourth-order valence-corrected chi connectivity index (χ4v) is 1.23. The molecule has 0 aliphatic heterocycles. The Labute approximate surface area is 115 Å². The molecule has 1 rings (SSSR count). The number of rotatable bonds is 5. The van der Waals surface area contributed by atoms with Crippen LogP contribution >= 0.6 is 0 Å². The molecule has 20 heavy (non-hydrogen) atoms. The Morgan fingerprint density at radius 3 is 2.65 bits per heavy atom. The van der Waals surface area contributed by atoms with Crippen LogP contribution in [0.25, 0.3) is 0 Å². The molecule has 0 fully saturated rings. The van der Waals surface area contributed by atoms with Crippen LogP contribution in [0.4, 0.5) is 4.79 Å². The third kappa shape index (κ3) is 4.81. The molecule has 0 saturated heterocycles. The molecular weight excluding hydrogens is 264 g/mol. The SMILES string of the molecule is C=CCNC(=O)NC(=O)COC(=O)c1ccccc1O. The third-order valence-electron chi connectivity index (χ3n) is 2.12. The number of amides is 3. The summed E-state index contributed by atoms with van der Waals surface area (Å²) >= 11 is 0. The summed E-state index contributed by atoms with van der Waals surface area (Å²) in [7, 11) is 0. The van der Waals surface area contributed by atoms with Gasteiger partial charge in [0.1, 0.15) is 11.3 Å². The predicted molar refractivity (Wildman–Crippen MR) is 70.1 cm³/mol. The summed E-state index contributed by atoms with van der Waals surface area (Å²) in [5.74, 6) is -1.89. The van der Waals surface area contributed by atoms with Crippen LogP contribution in [0.1, 0.15) is 10.4 Å². The minimum Gasteiger partial charge on any atom is -0.507 e. The Bertz CT molecular complexity index is 527. The van der Waals surface area contributed by atoms with Crippen molar-refractivity contribution in [3.63, 3.8) is 0 Å². The highest BCUT2D eigenvalue weighted by atomic mass is 16.5. The molecule has 1 aromatic carbocycles. The van der Waals surface area contributed by atoms with E-state index in [9.17, 15) is 19.5 Å². The van der Waals surface area contributed by atoms with E-state index in [-0.39, 0.29) is 17.9 Å². The summed E-state index contributed by atoms with van der Waals surface area (Å²) < 4.78 is 4.66. The minimum absolute atomic E-state index is 0.0589. The molecule has 0 heterocycles. The zero-order valence-corrected chi connectivity index (χ0v) is 10.6. The van der Waals surface area contributed by atoms with E-state index in [1.54, 1.807) is 12.1 Å². The summed E-state index contributed by atoms with van der Waals surface area (Å²) in [5.41, 5.74) is -0.0589. The van der Waals surface area contributed by atoms with Gasteiger partial charge in [0.05, 0.1) is 0 Å². The largest absolute Gasteiger partial charge is 0.507 e. The number of imide groups is 1. The summed E-state index contributed by atoms with van der Waals surface area (Å²) in [6.45, 7) is 2.97. The summed E-state index contributed by atoms with van der Waals surface area (Å²) in [4.78, 5) is 34.0. The normalized spacial score (nSPS) is 9.40. The maximum absolute atomic E-state index is 11.6. The topological polar surface area (TPSA) is 105 Å². The van der Waals surface area contributed by atoms with Gasteiger partial charge in [0.2, 0.25) is 0 Å². The van der Waals surface area contributed by atoms with Crippen LogP contribution in [0.2, 0.25) is 0 Å². The standard InChI is InChI=1S/C13H14N2O5/c1-2-7-14-13(19)15-11(17)8-20-12(18)9-5-3-4-6-10(9)16/h2-6,16H,1,7-8H2,(H2,14,15,17,19). The zero-order chi connectivity index (χ0) is 15.0. The molecule has 7 heteroatoms. The van der Waals surface area contributed by atoms with Gasteiger partial charge in [0.25, 0.3) is 5.91 Å².